The van der Waals surface area contributed by atoms with Crippen molar-refractivity contribution in [1.29, 1.82) is 0 Å². The predicted octanol–water partition coefficient (Wildman–Crippen LogP) is 4.22. The molecule has 0 atom stereocenters. The van der Waals surface area contributed by atoms with E-state index in [9.17, 15) is 4.79 Å². The number of ether oxygens (including phenoxy) is 3. The van der Waals surface area contributed by atoms with Crippen LogP contribution >= 0.6 is 11.8 Å². The molecule has 2 heterocycles. The zero-order valence-corrected chi connectivity index (χ0v) is 20.1. The van der Waals surface area contributed by atoms with Crippen molar-refractivity contribution in [3.8, 4) is 28.5 Å². The second-order valence-corrected chi connectivity index (χ2v) is 8.23. The van der Waals surface area contributed by atoms with Gasteiger partial charge in [0.2, 0.25) is 5.91 Å². The van der Waals surface area contributed by atoms with Crippen LogP contribution in [0.3, 0.4) is 0 Å². The van der Waals surface area contributed by atoms with Gasteiger partial charge in [0.25, 0.3) is 0 Å². The number of amides is 1. The predicted molar refractivity (Wildman–Crippen MR) is 132 cm³/mol. The molecule has 2 aromatic heterocycles. The van der Waals surface area contributed by atoms with E-state index >= 15 is 0 Å². The molecule has 8 nitrogen and oxygen atoms in total. The maximum atomic E-state index is 12.5. The fourth-order valence-corrected chi connectivity index (χ4v) is 4.32. The van der Waals surface area contributed by atoms with Crippen LogP contribution in [0.1, 0.15) is 12.5 Å². The highest BCUT2D eigenvalue weighted by atomic mass is 32.2. The first-order chi connectivity index (χ1) is 16.6. The van der Waals surface area contributed by atoms with Gasteiger partial charge in [-0.3, -0.25) is 4.79 Å². The van der Waals surface area contributed by atoms with Gasteiger partial charge in [0.15, 0.2) is 11.5 Å². The number of hydrogen-bond acceptors (Lipinski definition) is 7. The van der Waals surface area contributed by atoms with Crippen LogP contribution in [0.15, 0.2) is 66.0 Å². The van der Waals surface area contributed by atoms with Crippen LogP contribution in [-0.4, -0.2) is 47.1 Å². The quantitative estimate of drug-likeness (QED) is 0.342. The average molecular weight is 479 g/mol. The van der Waals surface area contributed by atoms with Gasteiger partial charge < -0.3 is 19.5 Å². The van der Waals surface area contributed by atoms with E-state index < -0.39 is 0 Å². The standard InChI is InChI=1S/C25H26N4O4S/c1-4-33-19-10-8-17(9-11-19)20-14-21-25(26-12-13-29(21)28-20)34-16-23(30)27-15-18-6-5-7-22(31-2)24(18)32-3/h5-14H,4,15-16H2,1-3H3,(H,27,30). The normalized spacial score (nSPS) is 10.8. The molecule has 0 aliphatic heterocycles. The molecule has 0 spiro atoms. The van der Waals surface area contributed by atoms with Gasteiger partial charge in [-0.25, -0.2) is 9.50 Å². The summed E-state index contributed by atoms with van der Waals surface area (Å²) in [4.78, 5) is 17.0. The van der Waals surface area contributed by atoms with E-state index in [1.165, 1.54) is 11.8 Å². The van der Waals surface area contributed by atoms with Crippen LogP contribution in [0.2, 0.25) is 0 Å². The zero-order valence-electron chi connectivity index (χ0n) is 19.3. The number of hydrogen-bond donors (Lipinski definition) is 1. The summed E-state index contributed by atoms with van der Waals surface area (Å²) in [6.45, 7) is 2.92. The number of nitrogens with zero attached hydrogens (tertiary/aromatic N) is 3. The van der Waals surface area contributed by atoms with Gasteiger partial charge in [0, 0.05) is 30.1 Å². The lowest BCUT2D eigenvalue weighted by molar-refractivity contribution is -0.118. The van der Waals surface area contributed by atoms with Gasteiger partial charge in [0.05, 0.1) is 37.8 Å². The zero-order chi connectivity index (χ0) is 23.9. The Morgan fingerprint density at radius 2 is 1.94 bits per heavy atom. The fraction of sp³-hybridized carbons (Fsp3) is 0.240. The fourth-order valence-electron chi connectivity index (χ4n) is 3.51. The lowest BCUT2D eigenvalue weighted by atomic mass is 10.1. The second kappa shape index (κ2) is 10.9. The van der Waals surface area contributed by atoms with Gasteiger partial charge in [-0.2, -0.15) is 5.10 Å². The van der Waals surface area contributed by atoms with Crippen LogP contribution in [0.25, 0.3) is 16.8 Å². The highest BCUT2D eigenvalue weighted by Gasteiger charge is 2.13. The lowest BCUT2D eigenvalue weighted by Gasteiger charge is -2.13. The van der Waals surface area contributed by atoms with E-state index in [-0.39, 0.29) is 11.7 Å². The first-order valence-corrected chi connectivity index (χ1v) is 11.8. The summed E-state index contributed by atoms with van der Waals surface area (Å²) in [6, 6.07) is 15.4. The summed E-state index contributed by atoms with van der Waals surface area (Å²) in [5.41, 5.74) is 3.50. The molecule has 0 aliphatic carbocycles. The smallest absolute Gasteiger partial charge is 0.230 e. The van der Waals surface area contributed by atoms with Gasteiger partial charge in [-0.15, -0.1) is 0 Å². The monoisotopic (exact) mass is 478 g/mol. The molecule has 0 saturated heterocycles. The summed E-state index contributed by atoms with van der Waals surface area (Å²) in [6.07, 6.45) is 3.48. The van der Waals surface area contributed by atoms with Crippen LogP contribution < -0.4 is 19.5 Å². The Labute approximate surface area is 202 Å². The molecule has 4 rings (SSSR count). The van der Waals surface area contributed by atoms with Crippen LogP contribution in [0, 0.1) is 0 Å². The molecule has 34 heavy (non-hydrogen) atoms. The Hall–Kier alpha value is -3.72. The number of carbonyl (C=O) groups is 1. The third-order valence-corrected chi connectivity index (χ3v) is 6.11. The summed E-state index contributed by atoms with van der Waals surface area (Å²) in [5.74, 6) is 2.19. The van der Waals surface area contributed by atoms with E-state index in [0.717, 1.165) is 33.1 Å². The summed E-state index contributed by atoms with van der Waals surface area (Å²) in [5, 5.41) is 8.32. The first-order valence-electron chi connectivity index (χ1n) is 10.8. The molecular formula is C25H26N4O4S. The number of fused-ring (bicyclic) bond motifs is 1. The maximum absolute atomic E-state index is 12.5. The molecule has 0 aliphatic rings. The van der Waals surface area contributed by atoms with Crippen molar-refractivity contribution in [2.75, 3.05) is 26.6 Å². The molecule has 0 saturated carbocycles. The van der Waals surface area contributed by atoms with E-state index in [2.05, 4.69) is 15.4 Å². The van der Waals surface area contributed by atoms with Crippen molar-refractivity contribution >= 4 is 23.2 Å². The topological polar surface area (TPSA) is 87.0 Å². The number of methoxy groups -OCH3 is 2. The molecule has 1 amide bonds. The lowest BCUT2D eigenvalue weighted by Crippen LogP contribution is -2.24. The third kappa shape index (κ3) is 5.26. The Bertz CT molecular complexity index is 1270. The molecule has 1 N–H and O–H groups in total. The second-order valence-electron chi connectivity index (χ2n) is 7.27. The number of benzene rings is 2. The number of para-hydroxylation sites is 1. The van der Waals surface area contributed by atoms with E-state index in [0.29, 0.717) is 24.7 Å². The first kappa shape index (κ1) is 23.4. The number of aromatic nitrogens is 3. The number of nitrogens with one attached hydrogen (secondary N) is 1. The Balaban J connectivity index is 1.42. The minimum Gasteiger partial charge on any atom is -0.494 e. The molecule has 4 aromatic rings. The van der Waals surface area contributed by atoms with Gasteiger partial charge in [-0.1, -0.05) is 23.9 Å². The van der Waals surface area contributed by atoms with Crippen molar-refractivity contribution in [3.05, 3.63) is 66.5 Å². The molecule has 0 radical (unpaired) electrons. The van der Waals surface area contributed by atoms with Crippen molar-refractivity contribution in [2.45, 2.75) is 18.5 Å². The number of rotatable bonds is 10. The molecule has 176 valence electrons. The Morgan fingerprint density at radius 1 is 1.12 bits per heavy atom. The maximum Gasteiger partial charge on any atom is 0.230 e. The number of thioether (sulfide) groups is 1. The third-order valence-electron chi connectivity index (χ3n) is 5.12. The van der Waals surface area contributed by atoms with Crippen molar-refractivity contribution < 1.29 is 19.0 Å². The summed E-state index contributed by atoms with van der Waals surface area (Å²) < 4.78 is 18.0. The minimum atomic E-state index is -0.107. The largest absolute Gasteiger partial charge is 0.494 e. The van der Waals surface area contributed by atoms with E-state index in [1.807, 2.05) is 55.5 Å². The summed E-state index contributed by atoms with van der Waals surface area (Å²) >= 11 is 1.37. The summed E-state index contributed by atoms with van der Waals surface area (Å²) in [7, 11) is 3.17. The Kier molecular flexibility index (Phi) is 7.54. The molecule has 0 bridgehead atoms. The van der Waals surface area contributed by atoms with Crippen LogP contribution in [-0.2, 0) is 11.3 Å². The van der Waals surface area contributed by atoms with Gasteiger partial charge in [0.1, 0.15) is 10.8 Å². The molecule has 0 fully saturated rings. The van der Waals surface area contributed by atoms with Gasteiger partial charge >= 0.3 is 0 Å². The SMILES string of the molecule is CCOc1ccc(-c2cc3c(SCC(=O)NCc4cccc(OC)c4OC)nccn3n2)cc1. The van der Waals surface area contributed by atoms with E-state index in [4.69, 9.17) is 14.2 Å². The molecular weight excluding hydrogens is 452 g/mol. The van der Waals surface area contributed by atoms with Gasteiger partial charge in [-0.05, 0) is 43.3 Å². The highest BCUT2D eigenvalue weighted by Crippen LogP contribution is 2.31. The highest BCUT2D eigenvalue weighted by molar-refractivity contribution is 8.00. The van der Waals surface area contributed by atoms with E-state index in [1.54, 1.807) is 31.1 Å². The average Bonchev–Trinajstić information content (AvgIpc) is 3.31. The van der Waals surface area contributed by atoms with Crippen molar-refractivity contribution in [2.24, 2.45) is 0 Å². The van der Waals surface area contributed by atoms with Crippen molar-refractivity contribution in [3.63, 3.8) is 0 Å². The minimum absolute atomic E-state index is 0.107. The Morgan fingerprint density at radius 3 is 2.68 bits per heavy atom. The van der Waals surface area contributed by atoms with Crippen molar-refractivity contribution in [1.82, 2.24) is 19.9 Å². The van der Waals surface area contributed by atoms with Crippen LogP contribution in [0.4, 0.5) is 0 Å². The molecule has 0 unspecified atom stereocenters. The molecule has 2 aromatic carbocycles. The number of carbonyl (C=O) groups excluding carboxylic acids is 1. The van der Waals surface area contributed by atoms with Crippen LogP contribution in [0.5, 0.6) is 17.2 Å². The molecule has 9 heteroatoms.